The lowest BCUT2D eigenvalue weighted by molar-refractivity contribution is -0.143. The summed E-state index contributed by atoms with van der Waals surface area (Å²) < 4.78 is 77.9. The Bertz CT molecular complexity index is 976. The van der Waals surface area contributed by atoms with E-state index in [0.717, 1.165) is 6.20 Å². The van der Waals surface area contributed by atoms with Crippen molar-refractivity contribution in [1.29, 1.82) is 0 Å². The van der Waals surface area contributed by atoms with Crippen molar-refractivity contribution < 1.29 is 31.1 Å². The lowest BCUT2D eigenvalue weighted by atomic mass is 10.0. The highest BCUT2D eigenvalue weighted by Gasteiger charge is 2.37. The zero-order chi connectivity index (χ0) is 22.1. The Morgan fingerprint density at radius 1 is 1.10 bits per heavy atom. The summed E-state index contributed by atoms with van der Waals surface area (Å²) >= 11 is 0. The standard InChI is InChI=1S/C18H15F6N3O2/c1-9(2)8-27(3)16(29)13-7-25-14(26-15(13)28)10-4-11(17(19,20)21)6-12(5-10)18(22,23)24/h4-7H,1,8H2,2-3H3,(H,25,26,28). The van der Waals surface area contributed by atoms with Crippen LogP contribution in [0, 0.1) is 0 Å². The van der Waals surface area contributed by atoms with Gasteiger partial charge in [0.25, 0.3) is 11.5 Å². The van der Waals surface area contributed by atoms with Crippen LogP contribution in [0.4, 0.5) is 26.3 Å². The average Bonchev–Trinajstić information content (AvgIpc) is 2.58. The van der Waals surface area contributed by atoms with E-state index in [1.54, 1.807) is 6.92 Å². The molecule has 1 aromatic carbocycles. The number of aromatic amines is 1. The third kappa shape index (κ3) is 5.24. The van der Waals surface area contributed by atoms with Crippen LogP contribution in [0.15, 0.2) is 41.3 Å². The van der Waals surface area contributed by atoms with Crippen LogP contribution in [0.25, 0.3) is 11.4 Å². The molecule has 29 heavy (non-hydrogen) atoms. The van der Waals surface area contributed by atoms with Crippen molar-refractivity contribution in [2.45, 2.75) is 19.3 Å². The molecule has 0 aliphatic rings. The summed E-state index contributed by atoms with van der Waals surface area (Å²) in [5.41, 5.74) is -4.48. The molecule has 0 saturated heterocycles. The lowest BCUT2D eigenvalue weighted by Crippen LogP contribution is -2.33. The van der Waals surface area contributed by atoms with E-state index in [1.807, 2.05) is 0 Å². The fourth-order valence-electron chi connectivity index (χ4n) is 2.47. The number of hydrogen-bond acceptors (Lipinski definition) is 3. The van der Waals surface area contributed by atoms with Crippen molar-refractivity contribution in [2.24, 2.45) is 0 Å². The van der Waals surface area contributed by atoms with E-state index >= 15 is 0 Å². The van der Waals surface area contributed by atoms with E-state index in [1.165, 1.54) is 11.9 Å². The van der Waals surface area contributed by atoms with E-state index in [4.69, 9.17) is 0 Å². The van der Waals surface area contributed by atoms with E-state index in [2.05, 4.69) is 16.5 Å². The summed E-state index contributed by atoms with van der Waals surface area (Å²) in [5, 5.41) is 0. The second kappa shape index (κ2) is 7.72. The van der Waals surface area contributed by atoms with Gasteiger partial charge in [0.2, 0.25) is 0 Å². The topological polar surface area (TPSA) is 66.1 Å². The summed E-state index contributed by atoms with van der Waals surface area (Å²) in [6, 6.07) is 0.830. The summed E-state index contributed by atoms with van der Waals surface area (Å²) in [7, 11) is 1.40. The Balaban J connectivity index is 2.53. The maximum absolute atomic E-state index is 13.0. The van der Waals surface area contributed by atoms with Gasteiger partial charge >= 0.3 is 12.4 Å². The molecule has 1 amide bonds. The number of nitrogens with zero attached hydrogens (tertiary/aromatic N) is 2. The zero-order valence-electron chi connectivity index (χ0n) is 15.2. The highest BCUT2D eigenvalue weighted by molar-refractivity contribution is 5.93. The first-order chi connectivity index (χ1) is 13.2. The van der Waals surface area contributed by atoms with Crippen molar-refractivity contribution in [1.82, 2.24) is 14.9 Å². The molecule has 5 nitrogen and oxygen atoms in total. The first-order valence-corrected chi connectivity index (χ1v) is 7.99. The number of H-pyrrole nitrogens is 1. The molecule has 0 radical (unpaired) electrons. The molecule has 0 unspecified atom stereocenters. The Labute approximate surface area is 160 Å². The van der Waals surface area contributed by atoms with Gasteiger partial charge in [0, 0.05) is 25.4 Å². The Morgan fingerprint density at radius 3 is 2.03 bits per heavy atom. The van der Waals surface area contributed by atoms with Gasteiger partial charge in [-0.3, -0.25) is 9.59 Å². The second-order valence-corrected chi connectivity index (χ2v) is 6.39. The van der Waals surface area contributed by atoms with Gasteiger partial charge in [-0.05, 0) is 25.1 Å². The number of hydrogen-bond donors (Lipinski definition) is 1. The van der Waals surface area contributed by atoms with Gasteiger partial charge in [-0.1, -0.05) is 12.2 Å². The molecule has 1 heterocycles. The van der Waals surface area contributed by atoms with Gasteiger partial charge in [0.15, 0.2) is 0 Å². The van der Waals surface area contributed by atoms with Gasteiger partial charge in [0.1, 0.15) is 11.4 Å². The number of carbonyl (C=O) groups excluding carboxylic acids is 1. The van der Waals surface area contributed by atoms with Crippen molar-refractivity contribution >= 4 is 5.91 Å². The summed E-state index contributed by atoms with van der Waals surface area (Å²) in [6.07, 6.45) is -9.28. The molecule has 0 saturated carbocycles. The van der Waals surface area contributed by atoms with Gasteiger partial charge in [-0.2, -0.15) is 26.3 Å². The molecule has 1 N–H and O–H groups in total. The van der Waals surface area contributed by atoms with Crippen LogP contribution in [-0.2, 0) is 12.4 Å². The number of carbonyl (C=O) groups is 1. The Kier molecular flexibility index (Phi) is 5.91. The Morgan fingerprint density at radius 2 is 1.62 bits per heavy atom. The number of aromatic nitrogens is 2. The number of likely N-dealkylation sites (N-methyl/N-ethyl adjacent to an activating group) is 1. The van der Waals surface area contributed by atoms with Crippen molar-refractivity contribution in [3.05, 3.63) is 63.6 Å². The molecule has 156 valence electrons. The van der Waals surface area contributed by atoms with E-state index < -0.39 is 51.9 Å². The van der Waals surface area contributed by atoms with Crippen LogP contribution in [0.5, 0.6) is 0 Å². The highest BCUT2D eigenvalue weighted by atomic mass is 19.4. The molecule has 11 heteroatoms. The summed E-state index contributed by atoms with van der Waals surface area (Å²) in [4.78, 5) is 31.4. The van der Waals surface area contributed by atoms with Gasteiger partial charge < -0.3 is 9.88 Å². The second-order valence-electron chi connectivity index (χ2n) is 6.39. The number of nitrogens with one attached hydrogen (secondary N) is 1. The van der Waals surface area contributed by atoms with E-state index in [9.17, 15) is 35.9 Å². The van der Waals surface area contributed by atoms with Gasteiger partial charge in [-0.25, -0.2) is 4.98 Å². The fraction of sp³-hybridized carbons (Fsp3) is 0.278. The molecular weight excluding hydrogens is 404 g/mol. The summed E-state index contributed by atoms with van der Waals surface area (Å²) in [6.45, 7) is 5.42. The maximum atomic E-state index is 13.0. The molecule has 0 bridgehead atoms. The predicted octanol–water partition coefficient (Wildman–Crippen LogP) is 4.12. The summed E-state index contributed by atoms with van der Waals surface area (Å²) in [5.74, 6) is -1.26. The minimum Gasteiger partial charge on any atom is -0.338 e. The molecule has 2 aromatic rings. The number of amides is 1. The fourth-order valence-corrected chi connectivity index (χ4v) is 2.47. The lowest BCUT2D eigenvalue weighted by Gasteiger charge is -2.17. The predicted molar refractivity (Wildman–Crippen MR) is 92.1 cm³/mol. The van der Waals surface area contributed by atoms with Crippen LogP contribution in [-0.4, -0.2) is 34.4 Å². The third-order valence-electron chi connectivity index (χ3n) is 3.74. The Hall–Kier alpha value is -3.11. The minimum atomic E-state index is -5.04. The molecular formula is C18H15F6N3O2. The largest absolute Gasteiger partial charge is 0.416 e. The van der Waals surface area contributed by atoms with E-state index in [0.29, 0.717) is 17.7 Å². The molecule has 2 rings (SSSR count). The normalized spacial score (nSPS) is 12.0. The van der Waals surface area contributed by atoms with Crippen LogP contribution < -0.4 is 5.56 Å². The molecule has 0 fully saturated rings. The minimum absolute atomic E-state index is 0.0356. The number of rotatable bonds is 4. The SMILES string of the molecule is C=C(C)CN(C)C(=O)c1cnc(-c2cc(C(F)(F)F)cc(C(F)(F)F)c2)[nH]c1=O. The number of alkyl halides is 6. The monoisotopic (exact) mass is 419 g/mol. The smallest absolute Gasteiger partial charge is 0.338 e. The molecule has 0 aliphatic carbocycles. The number of halogens is 6. The molecule has 0 atom stereocenters. The molecule has 0 aliphatic heterocycles. The van der Waals surface area contributed by atoms with Crippen LogP contribution >= 0.6 is 0 Å². The van der Waals surface area contributed by atoms with Crippen LogP contribution in [0.3, 0.4) is 0 Å². The molecule has 1 aromatic heterocycles. The van der Waals surface area contributed by atoms with Crippen LogP contribution in [0.1, 0.15) is 28.4 Å². The van der Waals surface area contributed by atoms with E-state index in [-0.39, 0.29) is 12.6 Å². The van der Waals surface area contributed by atoms with Gasteiger partial charge in [0.05, 0.1) is 11.1 Å². The molecule has 0 spiro atoms. The zero-order valence-corrected chi connectivity index (χ0v) is 15.2. The maximum Gasteiger partial charge on any atom is 0.416 e. The van der Waals surface area contributed by atoms with Crippen LogP contribution in [0.2, 0.25) is 0 Å². The first kappa shape index (κ1) is 22.2. The average molecular weight is 419 g/mol. The van der Waals surface area contributed by atoms with Crippen molar-refractivity contribution in [2.75, 3.05) is 13.6 Å². The number of benzene rings is 1. The third-order valence-corrected chi connectivity index (χ3v) is 3.74. The first-order valence-electron chi connectivity index (χ1n) is 7.99. The van der Waals surface area contributed by atoms with Crippen molar-refractivity contribution in [3.63, 3.8) is 0 Å². The highest BCUT2D eigenvalue weighted by Crippen LogP contribution is 2.37. The van der Waals surface area contributed by atoms with Crippen molar-refractivity contribution in [3.8, 4) is 11.4 Å². The quantitative estimate of drug-likeness (QED) is 0.599. The van der Waals surface area contributed by atoms with Gasteiger partial charge in [-0.15, -0.1) is 0 Å².